The number of nitrogens with zero attached hydrogens (tertiary/aromatic N) is 6. The molecule has 0 saturated heterocycles. The third-order valence-electron chi connectivity index (χ3n) is 3.54. The largest absolute Gasteiger partial charge is 0.619 e. The van der Waals surface area contributed by atoms with Crippen molar-refractivity contribution in [1.29, 1.82) is 0 Å². The SMILES string of the molecule is COc1ccc(/C=N\n2c(-c3c[n+]([O-])ccn3)nn(C)c2=S)cc1OC. The van der Waals surface area contributed by atoms with Gasteiger partial charge < -0.3 is 14.7 Å². The van der Waals surface area contributed by atoms with Gasteiger partial charge in [0, 0.05) is 7.05 Å². The van der Waals surface area contributed by atoms with Crippen LogP contribution < -0.4 is 14.2 Å². The first-order chi connectivity index (χ1) is 12.5. The molecule has 0 N–H and O–H groups in total. The molecule has 10 heteroatoms. The molecular formula is C16H16N6O3S. The topological polar surface area (TPSA) is 93.4 Å². The minimum Gasteiger partial charge on any atom is -0.619 e. The summed E-state index contributed by atoms with van der Waals surface area (Å²) in [7, 11) is 4.83. The van der Waals surface area contributed by atoms with E-state index in [-0.39, 0.29) is 0 Å². The fourth-order valence-electron chi connectivity index (χ4n) is 2.27. The molecule has 0 amide bonds. The highest BCUT2D eigenvalue weighted by Gasteiger charge is 2.14. The van der Waals surface area contributed by atoms with E-state index in [4.69, 9.17) is 21.7 Å². The first kappa shape index (κ1) is 17.5. The Kier molecular flexibility index (Phi) is 4.94. The Labute approximate surface area is 154 Å². The Morgan fingerprint density at radius 3 is 2.73 bits per heavy atom. The Morgan fingerprint density at radius 1 is 1.27 bits per heavy atom. The summed E-state index contributed by atoms with van der Waals surface area (Å²) in [6.07, 6.45) is 5.59. The first-order valence-electron chi connectivity index (χ1n) is 7.51. The predicted molar refractivity (Wildman–Crippen MR) is 96.8 cm³/mol. The summed E-state index contributed by atoms with van der Waals surface area (Å²) in [4.78, 5) is 4.16. The molecule has 0 aliphatic carbocycles. The summed E-state index contributed by atoms with van der Waals surface area (Å²) >= 11 is 5.34. The van der Waals surface area contributed by atoms with E-state index in [1.807, 2.05) is 6.07 Å². The van der Waals surface area contributed by atoms with Crippen molar-refractivity contribution in [3.05, 3.63) is 52.3 Å². The molecule has 9 nitrogen and oxygen atoms in total. The number of hydrogen-bond donors (Lipinski definition) is 0. The lowest BCUT2D eigenvalue weighted by molar-refractivity contribution is -0.605. The van der Waals surface area contributed by atoms with Crippen molar-refractivity contribution in [3.63, 3.8) is 0 Å². The van der Waals surface area contributed by atoms with E-state index in [0.717, 1.165) is 5.56 Å². The van der Waals surface area contributed by atoms with Gasteiger partial charge in [-0.3, -0.25) is 0 Å². The van der Waals surface area contributed by atoms with Gasteiger partial charge >= 0.3 is 0 Å². The van der Waals surface area contributed by atoms with Crippen LogP contribution in [0.25, 0.3) is 11.5 Å². The maximum absolute atomic E-state index is 11.5. The Hall–Kier alpha value is -3.27. The molecule has 0 radical (unpaired) electrons. The zero-order valence-corrected chi connectivity index (χ0v) is 15.2. The average molecular weight is 372 g/mol. The molecule has 0 bridgehead atoms. The van der Waals surface area contributed by atoms with Crippen LogP contribution in [-0.2, 0) is 7.05 Å². The van der Waals surface area contributed by atoms with Crippen LogP contribution in [0.3, 0.4) is 0 Å². The van der Waals surface area contributed by atoms with Gasteiger partial charge in [-0.2, -0.15) is 14.5 Å². The van der Waals surface area contributed by atoms with Crippen LogP contribution in [0.1, 0.15) is 5.56 Å². The summed E-state index contributed by atoms with van der Waals surface area (Å²) in [5.41, 5.74) is 1.14. The van der Waals surface area contributed by atoms with Gasteiger partial charge in [-0.15, -0.1) is 5.10 Å². The molecule has 3 rings (SSSR count). The van der Waals surface area contributed by atoms with Crippen LogP contribution >= 0.6 is 12.2 Å². The van der Waals surface area contributed by atoms with Gasteiger partial charge in [-0.1, -0.05) is 0 Å². The Balaban J connectivity index is 2.03. The first-order valence-corrected chi connectivity index (χ1v) is 7.92. The molecule has 2 aromatic heterocycles. The van der Waals surface area contributed by atoms with Gasteiger partial charge in [-0.05, 0) is 36.0 Å². The number of ether oxygens (including phenoxy) is 2. The molecule has 0 saturated carbocycles. The lowest BCUT2D eigenvalue weighted by atomic mass is 10.2. The second-order valence-electron chi connectivity index (χ2n) is 5.20. The molecule has 0 atom stereocenters. The molecule has 0 aliphatic rings. The fraction of sp³-hybridized carbons (Fsp3) is 0.188. The number of aromatic nitrogens is 5. The molecule has 1 aromatic carbocycles. The normalized spacial score (nSPS) is 11.0. The van der Waals surface area contributed by atoms with Gasteiger partial charge in [0.1, 0.15) is 0 Å². The van der Waals surface area contributed by atoms with Crippen molar-refractivity contribution in [1.82, 2.24) is 19.4 Å². The second kappa shape index (κ2) is 7.31. The van der Waals surface area contributed by atoms with E-state index in [1.165, 1.54) is 27.9 Å². The van der Waals surface area contributed by atoms with Gasteiger partial charge in [0.05, 0.1) is 26.6 Å². The summed E-state index contributed by atoms with van der Waals surface area (Å²) in [6, 6.07) is 5.40. The summed E-state index contributed by atoms with van der Waals surface area (Å²) in [6.45, 7) is 0. The Bertz CT molecular complexity index is 1030. The zero-order chi connectivity index (χ0) is 18.7. The Morgan fingerprint density at radius 2 is 2.04 bits per heavy atom. The maximum Gasteiger partial charge on any atom is 0.219 e. The highest BCUT2D eigenvalue weighted by Crippen LogP contribution is 2.27. The zero-order valence-electron chi connectivity index (χ0n) is 14.4. The third-order valence-corrected chi connectivity index (χ3v) is 3.98. The van der Waals surface area contributed by atoms with Crippen molar-refractivity contribution in [2.75, 3.05) is 14.2 Å². The molecule has 0 fully saturated rings. The summed E-state index contributed by atoms with van der Waals surface area (Å²) in [5.74, 6) is 1.57. The molecular weight excluding hydrogens is 356 g/mol. The van der Waals surface area contributed by atoms with E-state index in [0.29, 0.717) is 32.5 Å². The number of hydrogen-bond acceptors (Lipinski definition) is 7. The fourth-order valence-corrected chi connectivity index (χ4v) is 2.44. The van der Waals surface area contributed by atoms with Crippen molar-refractivity contribution in [2.24, 2.45) is 12.1 Å². The maximum atomic E-state index is 11.5. The highest BCUT2D eigenvalue weighted by molar-refractivity contribution is 7.71. The van der Waals surface area contributed by atoms with Gasteiger partial charge in [-0.25, -0.2) is 9.67 Å². The molecule has 134 valence electrons. The summed E-state index contributed by atoms with van der Waals surface area (Å²) < 4.78 is 14.4. The van der Waals surface area contributed by atoms with Crippen LogP contribution in [0.2, 0.25) is 0 Å². The molecule has 2 heterocycles. The second-order valence-corrected chi connectivity index (χ2v) is 5.57. The molecule has 26 heavy (non-hydrogen) atoms. The van der Waals surface area contributed by atoms with E-state index in [9.17, 15) is 5.21 Å². The van der Waals surface area contributed by atoms with Crippen LogP contribution in [0.15, 0.2) is 41.9 Å². The molecule has 0 spiro atoms. The monoisotopic (exact) mass is 372 g/mol. The van der Waals surface area contributed by atoms with Crippen LogP contribution in [-0.4, -0.2) is 39.9 Å². The van der Waals surface area contributed by atoms with E-state index >= 15 is 0 Å². The van der Waals surface area contributed by atoms with E-state index in [1.54, 1.807) is 39.6 Å². The van der Waals surface area contributed by atoms with Gasteiger partial charge in [0.25, 0.3) is 0 Å². The smallest absolute Gasteiger partial charge is 0.219 e. The van der Waals surface area contributed by atoms with Crippen LogP contribution in [0.4, 0.5) is 0 Å². The number of rotatable bonds is 5. The van der Waals surface area contributed by atoms with Crippen LogP contribution in [0, 0.1) is 9.98 Å². The van der Waals surface area contributed by atoms with Crippen molar-refractivity contribution in [2.45, 2.75) is 0 Å². The van der Waals surface area contributed by atoms with Crippen molar-refractivity contribution in [3.8, 4) is 23.0 Å². The number of aryl methyl sites for hydroxylation is 1. The lowest BCUT2D eigenvalue weighted by Gasteiger charge is -2.07. The van der Waals surface area contributed by atoms with Crippen molar-refractivity contribution < 1.29 is 14.2 Å². The minimum absolute atomic E-state index is 0.360. The molecule has 0 aliphatic heterocycles. The molecule has 0 unspecified atom stereocenters. The number of benzene rings is 1. The molecule has 3 aromatic rings. The predicted octanol–water partition coefficient (Wildman–Crippen LogP) is 1.55. The lowest BCUT2D eigenvalue weighted by Crippen LogP contribution is -2.25. The third kappa shape index (κ3) is 3.40. The quantitative estimate of drug-likeness (QED) is 0.292. The van der Waals surface area contributed by atoms with Crippen LogP contribution in [0.5, 0.6) is 11.5 Å². The number of methoxy groups -OCH3 is 2. The van der Waals surface area contributed by atoms with E-state index in [2.05, 4.69) is 15.2 Å². The van der Waals surface area contributed by atoms with E-state index < -0.39 is 0 Å². The summed E-state index contributed by atoms with van der Waals surface area (Å²) in [5, 5.41) is 20.2. The van der Waals surface area contributed by atoms with Crippen molar-refractivity contribution >= 4 is 18.4 Å². The minimum atomic E-state index is 0.360. The van der Waals surface area contributed by atoms with Gasteiger partial charge in [0.2, 0.25) is 16.8 Å². The van der Waals surface area contributed by atoms with Gasteiger partial charge in [0.15, 0.2) is 23.4 Å². The highest BCUT2D eigenvalue weighted by atomic mass is 32.1. The average Bonchev–Trinajstić information content (AvgIpc) is 2.94. The standard InChI is InChI=1S/C16H16N6O3S/c1-20-16(26)22(15(19-20)12-10-21(23)7-6-17-12)18-9-11-4-5-13(24-2)14(8-11)25-3/h4-10H,1-3H3/b18-9-.